The van der Waals surface area contributed by atoms with E-state index in [4.69, 9.17) is 4.74 Å². The van der Waals surface area contributed by atoms with Crippen LogP contribution < -0.4 is 10.1 Å². The average molecular weight is 193 g/mol. The number of carbonyl (C=O) groups excluding carboxylic acids is 1. The summed E-state index contributed by atoms with van der Waals surface area (Å²) >= 11 is 0. The molecule has 0 atom stereocenters. The molecule has 0 aliphatic rings. The first kappa shape index (κ1) is 10.6. The second-order valence-electron chi connectivity index (χ2n) is 3.20. The predicted molar refractivity (Wildman–Crippen MR) is 57.4 cm³/mol. The average Bonchev–Trinajstić information content (AvgIpc) is 2.16. The highest BCUT2D eigenvalue weighted by Gasteiger charge is 2.12. The van der Waals surface area contributed by atoms with Gasteiger partial charge in [-0.1, -0.05) is 6.07 Å². The molecule has 0 saturated carbocycles. The van der Waals surface area contributed by atoms with Crippen LogP contribution >= 0.6 is 0 Å². The summed E-state index contributed by atoms with van der Waals surface area (Å²) in [7, 11) is 3.37. The molecule has 0 heterocycles. The summed E-state index contributed by atoms with van der Waals surface area (Å²) in [6.07, 6.45) is 0.824. The molecular formula is C11H15NO2. The number of hydrogen-bond acceptors (Lipinski definition) is 3. The highest BCUT2D eigenvalue weighted by Crippen LogP contribution is 2.31. The fourth-order valence-electron chi connectivity index (χ4n) is 1.72. The molecule has 0 aliphatic carbocycles. The smallest absolute Gasteiger partial charge is 0.155 e. The van der Waals surface area contributed by atoms with Gasteiger partial charge < -0.3 is 10.1 Å². The Bertz CT molecular complexity index is 331. The molecule has 1 aromatic carbocycles. The molecule has 3 nitrogen and oxygen atoms in total. The summed E-state index contributed by atoms with van der Waals surface area (Å²) in [4.78, 5) is 11.0. The van der Waals surface area contributed by atoms with E-state index in [0.717, 1.165) is 23.1 Å². The Morgan fingerprint density at radius 1 is 1.36 bits per heavy atom. The maximum Gasteiger partial charge on any atom is 0.155 e. The predicted octanol–water partition coefficient (Wildman–Crippen LogP) is 2.17. The molecule has 3 heteroatoms. The lowest BCUT2D eigenvalue weighted by molar-refractivity contribution is 0.112. The third kappa shape index (κ3) is 1.58. The number of anilines is 1. The first-order valence-electron chi connectivity index (χ1n) is 4.46. The fraction of sp³-hybridized carbons (Fsp3) is 0.364. The van der Waals surface area contributed by atoms with Crippen molar-refractivity contribution < 1.29 is 9.53 Å². The minimum Gasteiger partial charge on any atom is -0.496 e. The van der Waals surface area contributed by atoms with Crippen molar-refractivity contribution in [3.63, 3.8) is 0 Å². The number of hydrogen-bond donors (Lipinski definition) is 1. The highest BCUT2D eigenvalue weighted by atomic mass is 16.5. The number of nitrogens with one attached hydrogen (secondary N) is 1. The van der Waals surface area contributed by atoms with Crippen LogP contribution in [0.3, 0.4) is 0 Å². The van der Waals surface area contributed by atoms with Gasteiger partial charge in [0.2, 0.25) is 0 Å². The third-order valence-electron chi connectivity index (χ3n) is 2.27. The summed E-state index contributed by atoms with van der Waals surface area (Å²) in [5.74, 6) is 0.648. The molecule has 0 unspecified atom stereocenters. The first-order valence-corrected chi connectivity index (χ1v) is 4.46. The van der Waals surface area contributed by atoms with Gasteiger partial charge in [-0.25, -0.2) is 0 Å². The molecule has 0 spiro atoms. The van der Waals surface area contributed by atoms with Crippen molar-refractivity contribution >= 4 is 12.0 Å². The first-order chi connectivity index (χ1) is 6.65. The van der Waals surface area contributed by atoms with E-state index in [1.165, 1.54) is 0 Å². The topological polar surface area (TPSA) is 38.3 Å². The van der Waals surface area contributed by atoms with Crippen LogP contribution in [0.2, 0.25) is 0 Å². The van der Waals surface area contributed by atoms with Crippen LogP contribution in [0.4, 0.5) is 5.69 Å². The van der Waals surface area contributed by atoms with E-state index in [0.29, 0.717) is 11.3 Å². The van der Waals surface area contributed by atoms with E-state index in [9.17, 15) is 4.79 Å². The fourth-order valence-corrected chi connectivity index (χ4v) is 1.72. The largest absolute Gasteiger partial charge is 0.496 e. The molecule has 1 N–H and O–H groups in total. The molecular weight excluding hydrogens is 178 g/mol. The number of aryl methyl sites for hydroxylation is 2. The molecule has 0 aliphatic heterocycles. The zero-order valence-corrected chi connectivity index (χ0v) is 8.97. The minimum absolute atomic E-state index is 0.590. The molecule has 14 heavy (non-hydrogen) atoms. The second-order valence-corrected chi connectivity index (χ2v) is 3.20. The lowest BCUT2D eigenvalue weighted by atomic mass is 10.0. The van der Waals surface area contributed by atoms with Crippen molar-refractivity contribution in [2.75, 3.05) is 19.5 Å². The van der Waals surface area contributed by atoms with Gasteiger partial charge in [0.1, 0.15) is 5.75 Å². The van der Waals surface area contributed by atoms with Crippen LogP contribution in [0.25, 0.3) is 0 Å². The lowest BCUT2D eigenvalue weighted by Gasteiger charge is -2.14. The monoisotopic (exact) mass is 193 g/mol. The van der Waals surface area contributed by atoms with Gasteiger partial charge in [0.15, 0.2) is 6.29 Å². The number of carbonyl (C=O) groups is 1. The van der Waals surface area contributed by atoms with Crippen LogP contribution in [0.1, 0.15) is 21.5 Å². The minimum atomic E-state index is 0.590. The summed E-state index contributed by atoms with van der Waals surface area (Å²) < 4.78 is 5.19. The molecule has 0 aromatic heterocycles. The maximum atomic E-state index is 11.0. The summed E-state index contributed by atoms with van der Waals surface area (Å²) in [6, 6.07) is 2.00. The SMILES string of the molecule is CNc1c(C)cc(C)c(OC)c1C=O. The lowest BCUT2D eigenvalue weighted by Crippen LogP contribution is -2.02. The van der Waals surface area contributed by atoms with Gasteiger partial charge in [-0.05, 0) is 25.0 Å². The van der Waals surface area contributed by atoms with Gasteiger partial charge in [0, 0.05) is 7.05 Å². The Morgan fingerprint density at radius 2 is 2.00 bits per heavy atom. The van der Waals surface area contributed by atoms with Crippen LogP contribution in [0, 0.1) is 13.8 Å². The normalized spacial score (nSPS) is 9.71. The molecule has 1 rings (SSSR count). The Morgan fingerprint density at radius 3 is 2.43 bits per heavy atom. The number of rotatable bonds is 3. The molecule has 0 saturated heterocycles. The Kier molecular flexibility index (Phi) is 3.12. The molecule has 0 bridgehead atoms. The van der Waals surface area contributed by atoms with Crippen LogP contribution in [0.15, 0.2) is 6.07 Å². The summed E-state index contributed by atoms with van der Waals surface area (Å²) in [5.41, 5.74) is 3.45. The quantitative estimate of drug-likeness (QED) is 0.747. The van der Waals surface area contributed by atoms with Crippen molar-refractivity contribution in [1.29, 1.82) is 0 Å². The van der Waals surface area contributed by atoms with Gasteiger partial charge in [0.05, 0.1) is 18.4 Å². The molecule has 0 fully saturated rings. The molecule has 0 radical (unpaired) electrons. The second kappa shape index (κ2) is 4.13. The van der Waals surface area contributed by atoms with Crippen molar-refractivity contribution in [2.45, 2.75) is 13.8 Å². The van der Waals surface area contributed by atoms with E-state index in [2.05, 4.69) is 5.32 Å². The van der Waals surface area contributed by atoms with Crippen molar-refractivity contribution in [1.82, 2.24) is 0 Å². The molecule has 0 amide bonds. The third-order valence-corrected chi connectivity index (χ3v) is 2.27. The number of aldehydes is 1. The molecule has 76 valence electrons. The van der Waals surface area contributed by atoms with Gasteiger partial charge in [-0.15, -0.1) is 0 Å². The van der Waals surface area contributed by atoms with Gasteiger partial charge in [-0.2, -0.15) is 0 Å². The zero-order chi connectivity index (χ0) is 10.7. The number of benzene rings is 1. The highest BCUT2D eigenvalue weighted by molar-refractivity contribution is 5.90. The Labute approximate surface area is 84.1 Å². The van der Waals surface area contributed by atoms with Crippen LogP contribution in [-0.4, -0.2) is 20.4 Å². The standard InChI is InChI=1S/C11H15NO2/c1-7-5-8(2)11(14-4)9(6-13)10(7)12-3/h5-6,12H,1-4H3. The van der Waals surface area contributed by atoms with E-state index < -0.39 is 0 Å². The van der Waals surface area contributed by atoms with E-state index >= 15 is 0 Å². The zero-order valence-electron chi connectivity index (χ0n) is 8.97. The van der Waals surface area contributed by atoms with Gasteiger partial charge in [0.25, 0.3) is 0 Å². The van der Waals surface area contributed by atoms with Crippen molar-refractivity contribution in [2.24, 2.45) is 0 Å². The Balaban J connectivity index is 3.51. The summed E-state index contributed by atoms with van der Waals surface area (Å²) in [6.45, 7) is 3.89. The Hall–Kier alpha value is -1.51. The van der Waals surface area contributed by atoms with Crippen LogP contribution in [0.5, 0.6) is 5.75 Å². The van der Waals surface area contributed by atoms with Crippen LogP contribution in [-0.2, 0) is 0 Å². The summed E-state index contributed by atoms with van der Waals surface area (Å²) in [5, 5.41) is 3.01. The van der Waals surface area contributed by atoms with E-state index in [-0.39, 0.29) is 0 Å². The number of methoxy groups -OCH3 is 1. The molecule has 1 aromatic rings. The van der Waals surface area contributed by atoms with Crippen molar-refractivity contribution in [3.8, 4) is 5.75 Å². The van der Waals surface area contributed by atoms with E-state index in [1.807, 2.05) is 19.9 Å². The van der Waals surface area contributed by atoms with Gasteiger partial charge in [-0.3, -0.25) is 4.79 Å². The maximum absolute atomic E-state index is 11.0. The van der Waals surface area contributed by atoms with Crippen molar-refractivity contribution in [3.05, 3.63) is 22.8 Å². The number of ether oxygens (including phenoxy) is 1. The van der Waals surface area contributed by atoms with E-state index in [1.54, 1.807) is 14.2 Å². The van der Waals surface area contributed by atoms with Gasteiger partial charge >= 0.3 is 0 Å².